The molecule has 0 radical (unpaired) electrons. The molecule has 0 aliphatic heterocycles. The van der Waals surface area contributed by atoms with Gasteiger partial charge in [-0.2, -0.15) is 0 Å². The van der Waals surface area contributed by atoms with E-state index >= 15 is 0 Å². The molecule has 37 heavy (non-hydrogen) atoms. The molecule has 0 saturated heterocycles. The summed E-state index contributed by atoms with van der Waals surface area (Å²) in [5.74, 6) is -1.89. The zero-order valence-electron chi connectivity index (χ0n) is 22.9. The van der Waals surface area contributed by atoms with Gasteiger partial charge in [-0.05, 0) is 62.0 Å². The Kier molecular flexibility index (Phi) is 7.95. The number of aliphatic hydroxyl groups excluding tert-OH is 1. The highest BCUT2D eigenvalue weighted by atomic mass is 16.6. The van der Waals surface area contributed by atoms with Crippen LogP contribution >= 0.6 is 0 Å². The lowest BCUT2D eigenvalue weighted by molar-refractivity contribution is -0.272. The van der Waals surface area contributed by atoms with E-state index in [1.807, 2.05) is 0 Å². The van der Waals surface area contributed by atoms with Crippen molar-refractivity contribution in [3.63, 3.8) is 0 Å². The number of fused-ring (bicyclic) bond motifs is 3. The number of carbonyl (C=O) groups is 3. The molecule has 0 amide bonds. The molecule has 3 N–H and O–H groups in total. The first-order chi connectivity index (χ1) is 17.5. The molecular formula is C29H45NO7. The molecule has 8 nitrogen and oxygen atoms in total. The topological polar surface area (TPSA) is 125 Å². The number of Topliss-reactive ketones (excluding diaryl/α,β-unsaturated/α-hetero) is 1. The summed E-state index contributed by atoms with van der Waals surface area (Å²) in [7, 11) is 1.60. The van der Waals surface area contributed by atoms with E-state index in [2.05, 4.69) is 20.4 Å². The van der Waals surface area contributed by atoms with Crippen LogP contribution in [-0.4, -0.2) is 61.4 Å². The number of unbranched alkanes of at least 4 members (excludes halogenated alkanes) is 2. The maximum absolute atomic E-state index is 14.3. The Hall–Kier alpha value is -1.77. The van der Waals surface area contributed by atoms with Gasteiger partial charge >= 0.3 is 11.9 Å². The Labute approximate surface area is 220 Å². The first kappa shape index (κ1) is 28.2. The fourth-order valence-corrected chi connectivity index (χ4v) is 8.87. The third-order valence-corrected chi connectivity index (χ3v) is 10.2. The van der Waals surface area contributed by atoms with Gasteiger partial charge in [0.15, 0.2) is 5.78 Å². The van der Waals surface area contributed by atoms with E-state index in [4.69, 9.17) is 19.9 Å². The van der Waals surface area contributed by atoms with Gasteiger partial charge in [-0.1, -0.05) is 33.3 Å². The van der Waals surface area contributed by atoms with Crippen LogP contribution in [0.2, 0.25) is 0 Å². The van der Waals surface area contributed by atoms with Crippen LogP contribution in [0.25, 0.3) is 0 Å². The van der Waals surface area contributed by atoms with Crippen molar-refractivity contribution in [3.05, 3.63) is 12.2 Å². The van der Waals surface area contributed by atoms with Crippen LogP contribution in [0.4, 0.5) is 0 Å². The Morgan fingerprint density at radius 3 is 2.54 bits per heavy atom. The van der Waals surface area contributed by atoms with Gasteiger partial charge in [0.1, 0.15) is 11.5 Å². The summed E-state index contributed by atoms with van der Waals surface area (Å²) >= 11 is 0. The van der Waals surface area contributed by atoms with Crippen LogP contribution in [-0.2, 0) is 28.6 Å². The van der Waals surface area contributed by atoms with Crippen LogP contribution in [0.5, 0.6) is 0 Å². The largest absolute Gasteiger partial charge is 0.465 e. The van der Waals surface area contributed by atoms with E-state index in [0.717, 1.165) is 32.1 Å². The van der Waals surface area contributed by atoms with Crippen molar-refractivity contribution < 1.29 is 33.7 Å². The van der Waals surface area contributed by atoms with Gasteiger partial charge in [0.05, 0.1) is 18.8 Å². The maximum atomic E-state index is 14.3. The van der Waals surface area contributed by atoms with Gasteiger partial charge in [-0.3, -0.25) is 14.4 Å². The molecule has 0 heterocycles. The molecule has 8 heteroatoms. The Morgan fingerprint density at radius 2 is 1.89 bits per heavy atom. The summed E-state index contributed by atoms with van der Waals surface area (Å²) < 4.78 is 18.0. The molecule has 0 aromatic rings. The quantitative estimate of drug-likeness (QED) is 0.270. The van der Waals surface area contributed by atoms with E-state index in [0.29, 0.717) is 25.0 Å². The lowest BCUT2D eigenvalue weighted by Crippen LogP contribution is -2.72. The van der Waals surface area contributed by atoms with Crippen molar-refractivity contribution in [2.75, 3.05) is 20.3 Å². The van der Waals surface area contributed by atoms with Gasteiger partial charge in [-0.15, -0.1) is 0 Å². The predicted molar refractivity (Wildman–Crippen MR) is 137 cm³/mol. The summed E-state index contributed by atoms with van der Waals surface area (Å²) in [5.41, 5.74) is 3.98. The standard InChI is InChI=1S/C29H45NO7/c1-17-19-14-20(32)24-28(16-36-18(2)31)12-9-11-27(3,4)21(28)15-22(35-5)29(24,25(17)34)26(19)37-23(33)10-7-6-8-13-30/h19-22,24,26,32H,1,6-16,30H2,2-5H3/t19-,20-,21+,22+,24-,26+,28-,29+/m0/s1. The minimum atomic E-state index is -1.26. The molecule has 0 unspecified atom stereocenters. The van der Waals surface area contributed by atoms with Gasteiger partial charge in [0.2, 0.25) is 0 Å². The third kappa shape index (κ3) is 4.37. The summed E-state index contributed by atoms with van der Waals surface area (Å²) in [6.45, 7) is 10.7. The molecule has 4 rings (SSSR count). The van der Waals surface area contributed by atoms with E-state index < -0.39 is 41.0 Å². The number of nitrogens with two attached hydrogens (primary N) is 1. The minimum absolute atomic E-state index is 0.0501. The highest BCUT2D eigenvalue weighted by Crippen LogP contribution is 2.72. The number of hydrogen-bond donors (Lipinski definition) is 2. The lowest BCUT2D eigenvalue weighted by atomic mass is 9.39. The SMILES string of the molecule is C=C1C(=O)[C@]23[C@H](OC(=O)CCCCCN)[C@H]1C[C@H](O)[C@H]2[C@]1(COC(C)=O)CCCC(C)(C)[C@H]1C[C@H]3OC. The summed E-state index contributed by atoms with van der Waals surface area (Å²) in [4.78, 5) is 39.4. The van der Waals surface area contributed by atoms with Crippen LogP contribution in [0.15, 0.2) is 12.2 Å². The molecule has 0 aromatic carbocycles. The van der Waals surface area contributed by atoms with Gasteiger partial charge < -0.3 is 25.1 Å². The van der Waals surface area contributed by atoms with Crippen molar-refractivity contribution in [2.24, 2.45) is 39.7 Å². The smallest absolute Gasteiger partial charge is 0.306 e. The van der Waals surface area contributed by atoms with Crippen LogP contribution in [0, 0.1) is 34.0 Å². The fraction of sp³-hybridized carbons (Fsp3) is 0.828. The van der Waals surface area contributed by atoms with Gasteiger partial charge in [0.25, 0.3) is 0 Å². The molecule has 0 aromatic heterocycles. The average Bonchev–Trinajstić information content (AvgIpc) is 2.96. The molecule has 4 fully saturated rings. The second-order valence-electron chi connectivity index (χ2n) is 12.6. The van der Waals surface area contributed by atoms with E-state index in [1.54, 1.807) is 7.11 Å². The van der Waals surface area contributed by atoms with Gasteiger partial charge in [0, 0.05) is 37.7 Å². The number of carbonyl (C=O) groups excluding carboxylic acids is 3. The lowest BCUT2D eigenvalue weighted by Gasteiger charge is -2.67. The zero-order chi connectivity index (χ0) is 27.2. The van der Waals surface area contributed by atoms with Crippen LogP contribution in [0.3, 0.4) is 0 Å². The first-order valence-corrected chi connectivity index (χ1v) is 13.9. The van der Waals surface area contributed by atoms with E-state index in [9.17, 15) is 19.5 Å². The molecular weight excluding hydrogens is 474 g/mol. The van der Waals surface area contributed by atoms with Gasteiger partial charge in [-0.25, -0.2) is 0 Å². The van der Waals surface area contributed by atoms with Crippen molar-refractivity contribution in [2.45, 2.75) is 96.9 Å². The summed E-state index contributed by atoms with van der Waals surface area (Å²) in [6, 6.07) is 0. The highest BCUT2D eigenvalue weighted by Gasteiger charge is 2.78. The van der Waals surface area contributed by atoms with Crippen molar-refractivity contribution in [3.8, 4) is 0 Å². The number of rotatable bonds is 9. The molecule has 1 spiro atoms. The molecule has 4 aliphatic rings. The maximum Gasteiger partial charge on any atom is 0.306 e. The first-order valence-electron chi connectivity index (χ1n) is 13.9. The monoisotopic (exact) mass is 519 g/mol. The molecule has 8 atom stereocenters. The molecule has 2 bridgehead atoms. The normalized spacial score (nSPS) is 40.1. The van der Waals surface area contributed by atoms with Crippen molar-refractivity contribution in [1.29, 1.82) is 0 Å². The second-order valence-corrected chi connectivity index (χ2v) is 12.6. The number of aliphatic hydroxyl groups is 1. The Bertz CT molecular complexity index is 931. The third-order valence-electron chi connectivity index (χ3n) is 10.2. The van der Waals surface area contributed by atoms with Crippen LogP contribution < -0.4 is 5.73 Å². The van der Waals surface area contributed by atoms with Crippen LogP contribution in [0.1, 0.15) is 78.6 Å². The molecule has 4 saturated carbocycles. The number of methoxy groups -OCH3 is 1. The van der Waals surface area contributed by atoms with E-state index in [-0.39, 0.29) is 48.5 Å². The number of ether oxygens (including phenoxy) is 3. The Morgan fingerprint density at radius 1 is 1.16 bits per heavy atom. The molecule has 4 aliphatic carbocycles. The number of esters is 2. The Balaban J connectivity index is 1.81. The highest BCUT2D eigenvalue weighted by molar-refractivity contribution is 6.05. The van der Waals surface area contributed by atoms with Crippen molar-refractivity contribution >= 4 is 17.7 Å². The second kappa shape index (κ2) is 10.4. The zero-order valence-corrected chi connectivity index (χ0v) is 22.9. The van der Waals surface area contributed by atoms with E-state index in [1.165, 1.54) is 6.92 Å². The summed E-state index contributed by atoms with van der Waals surface area (Å²) in [5, 5.41) is 11.8. The average molecular weight is 520 g/mol. The van der Waals surface area contributed by atoms with Crippen molar-refractivity contribution in [1.82, 2.24) is 0 Å². The number of hydrogen-bond acceptors (Lipinski definition) is 8. The molecule has 208 valence electrons. The summed E-state index contributed by atoms with van der Waals surface area (Å²) in [6.07, 6.45) is 3.91. The number of ketones is 1. The predicted octanol–water partition coefficient (Wildman–Crippen LogP) is 3.33. The fourth-order valence-electron chi connectivity index (χ4n) is 8.87. The minimum Gasteiger partial charge on any atom is -0.465 e.